The summed E-state index contributed by atoms with van der Waals surface area (Å²) in [5.41, 5.74) is 2.35. The van der Waals surface area contributed by atoms with Gasteiger partial charge in [0.25, 0.3) is 0 Å². The Bertz CT molecular complexity index is 445. The van der Waals surface area contributed by atoms with Crippen molar-refractivity contribution in [3.05, 3.63) is 16.3 Å². The number of nitro groups is 1. The summed E-state index contributed by atoms with van der Waals surface area (Å²) in [6, 6.07) is 0. The molecule has 0 unspecified atom stereocenters. The van der Waals surface area contributed by atoms with Gasteiger partial charge in [0.1, 0.15) is 6.20 Å². The highest BCUT2D eigenvalue weighted by atomic mass is 16.6. The van der Waals surface area contributed by atoms with Crippen LogP contribution in [0.4, 0.5) is 17.5 Å². The van der Waals surface area contributed by atoms with Gasteiger partial charge in [-0.25, -0.2) is 10.8 Å². The Morgan fingerprint density at radius 2 is 2.35 bits per heavy atom. The number of hydrogen-bond donors (Lipinski definition) is 3. The Kier molecular flexibility index (Phi) is 2.80. The predicted molar refractivity (Wildman–Crippen MR) is 62.3 cm³/mol. The molecular formula is C9H14N6O2. The smallest absolute Gasteiger partial charge is 0.329 e. The van der Waals surface area contributed by atoms with Gasteiger partial charge in [0, 0.05) is 6.54 Å². The molecule has 4 N–H and O–H groups in total. The molecular weight excluding hydrogens is 224 g/mol. The van der Waals surface area contributed by atoms with E-state index in [0.717, 1.165) is 19.0 Å². The number of hydrazine groups is 1. The minimum absolute atomic E-state index is 0.145. The van der Waals surface area contributed by atoms with Crippen molar-refractivity contribution in [2.24, 2.45) is 11.3 Å². The van der Waals surface area contributed by atoms with Gasteiger partial charge >= 0.3 is 5.69 Å². The summed E-state index contributed by atoms with van der Waals surface area (Å²) < 4.78 is 0. The Hall–Kier alpha value is -1.96. The molecule has 8 heteroatoms. The highest BCUT2D eigenvalue weighted by Gasteiger charge is 2.37. The second-order valence-electron chi connectivity index (χ2n) is 4.49. The number of anilines is 2. The lowest BCUT2D eigenvalue weighted by atomic mass is 10.1. The van der Waals surface area contributed by atoms with Crippen LogP contribution in [0.15, 0.2) is 6.20 Å². The molecule has 0 atom stereocenters. The van der Waals surface area contributed by atoms with Gasteiger partial charge in [-0.1, -0.05) is 6.92 Å². The van der Waals surface area contributed by atoms with Crippen molar-refractivity contribution in [2.75, 3.05) is 17.3 Å². The van der Waals surface area contributed by atoms with Gasteiger partial charge in [-0.15, -0.1) is 0 Å². The summed E-state index contributed by atoms with van der Waals surface area (Å²) in [6.45, 7) is 2.78. The summed E-state index contributed by atoms with van der Waals surface area (Å²) in [5, 5.41) is 13.8. The number of nitrogens with zero attached hydrogens (tertiary/aromatic N) is 3. The molecule has 1 fully saturated rings. The van der Waals surface area contributed by atoms with Gasteiger partial charge in [-0.2, -0.15) is 4.98 Å². The molecule has 0 aliphatic heterocycles. The molecule has 0 aromatic carbocycles. The predicted octanol–water partition coefficient (Wildman–Crippen LogP) is 0.882. The first-order chi connectivity index (χ1) is 8.04. The van der Waals surface area contributed by atoms with Crippen LogP contribution in [0.1, 0.15) is 19.8 Å². The first-order valence-corrected chi connectivity index (χ1v) is 5.26. The van der Waals surface area contributed by atoms with Gasteiger partial charge in [0.2, 0.25) is 11.8 Å². The normalized spacial score (nSPS) is 16.4. The fourth-order valence-electron chi connectivity index (χ4n) is 1.40. The van der Waals surface area contributed by atoms with Crippen molar-refractivity contribution in [3.63, 3.8) is 0 Å². The zero-order valence-corrected chi connectivity index (χ0v) is 9.43. The SMILES string of the molecule is CC1(CNc2nc(NN)ncc2[N+](=O)[O-])CC1. The number of aromatic nitrogens is 2. The van der Waals surface area contributed by atoms with Crippen LogP contribution in [0.2, 0.25) is 0 Å². The molecule has 1 aromatic heterocycles. The maximum absolute atomic E-state index is 10.8. The molecule has 0 saturated heterocycles. The van der Waals surface area contributed by atoms with Crippen molar-refractivity contribution in [2.45, 2.75) is 19.8 Å². The van der Waals surface area contributed by atoms with E-state index in [0.29, 0.717) is 6.54 Å². The van der Waals surface area contributed by atoms with Gasteiger partial charge in [0.05, 0.1) is 4.92 Å². The van der Waals surface area contributed by atoms with Crippen LogP contribution >= 0.6 is 0 Å². The van der Waals surface area contributed by atoms with Crippen molar-refractivity contribution >= 4 is 17.5 Å². The van der Waals surface area contributed by atoms with E-state index in [-0.39, 0.29) is 22.9 Å². The molecule has 1 aliphatic rings. The average molecular weight is 238 g/mol. The monoisotopic (exact) mass is 238 g/mol. The summed E-state index contributed by atoms with van der Waals surface area (Å²) >= 11 is 0. The minimum Gasteiger partial charge on any atom is -0.364 e. The maximum atomic E-state index is 10.8. The molecule has 1 aliphatic carbocycles. The summed E-state index contributed by atoms with van der Waals surface area (Å²) in [7, 11) is 0. The van der Waals surface area contributed by atoms with E-state index in [1.165, 1.54) is 0 Å². The second-order valence-corrected chi connectivity index (χ2v) is 4.49. The van der Waals surface area contributed by atoms with Gasteiger partial charge in [-0.05, 0) is 18.3 Å². The molecule has 17 heavy (non-hydrogen) atoms. The Morgan fingerprint density at radius 1 is 1.65 bits per heavy atom. The largest absolute Gasteiger partial charge is 0.364 e. The van der Waals surface area contributed by atoms with Crippen LogP contribution < -0.4 is 16.6 Å². The van der Waals surface area contributed by atoms with Crippen LogP contribution in [0.25, 0.3) is 0 Å². The Labute approximate surface area is 97.8 Å². The van der Waals surface area contributed by atoms with E-state index < -0.39 is 4.92 Å². The zero-order valence-electron chi connectivity index (χ0n) is 9.43. The molecule has 0 radical (unpaired) electrons. The molecule has 92 valence electrons. The standard InChI is InChI=1S/C9H14N6O2/c1-9(2-3-9)5-12-7-6(15(16)17)4-11-8(13-7)14-10/h4H,2-3,5,10H2,1H3,(H2,11,12,13,14). The molecule has 1 heterocycles. The lowest BCUT2D eigenvalue weighted by molar-refractivity contribution is -0.384. The fraction of sp³-hybridized carbons (Fsp3) is 0.556. The number of nitrogen functional groups attached to an aromatic ring is 1. The van der Waals surface area contributed by atoms with Crippen molar-refractivity contribution in [3.8, 4) is 0 Å². The number of rotatable bonds is 5. The molecule has 0 amide bonds. The molecule has 8 nitrogen and oxygen atoms in total. The third-order valence-corrected chi connectivity index (χ3v) is 2.88. The van der Waals surface area contributed by atoms with E-state index >= 15 is 0 Å². The highest BCUT2D eigenvalue weighted by Crippen LogP contribution is 2.45. The zero-order chi connectivity index (χ0) is 12.5. The van der Waals surface area contributed by atoms with Crippen LogP contribution in [0, 0.1) is 15.5 Å². The Balaban J connectivity index is 2.18. The van der Waals surface area contributed by atoms with E-state index in [1.807, 2.05) is 0 Å². The number of hydrogen-bond acceptors (Lipinski definition) is 7. The molecule has 1 saturated carbocycles. The third-order valence-electron chi connectivity index (χ3n) is 2.88. The average Bonchev–Trinajstić information content (AvgIpc) is 3.04. The van der Waals surface area contributed by atoms with Gasteiger partial charge in [-0.3, -0.25) is 15.5 Å². The fourth-order valence-corrected chi connectivity index (χ4v) is 1.40. The van der Waals surface area contributed by atoms with E-state index in [1.54, 1.807) is 0 Å². The topological polar surface area (TPSA) is 119 Å². The number of nitrogens with two attached hydrogens (primary N) is 1. The molecule has 0 bridgehead atoms. The molecule has 1 aromatic rings. The highest BCUT2D eigenvalue weighted by molar-refractivity contribution is 5.56. The van der Waals surface area contributed by atoms with E-state index in [4.69, 9.17) is 5.84 Å². The molecule has 2 rings (SSSR count). The third kappa shape index (κ3) is 2.59. The first kappa shape index (κ1) is 11.5. The van der Waals surface area contributed by atoms with Crippen LogP contribution in [-0.2, 0) is 0 Å². The van der Waals surface area contributed by atoms with Crippen LogP contribution in [-0.4, -0.2) is 21.4 Å². The Morgan fingerprint density at radius 3 is 2.88 bits per heavy atom. The van der Waals surface area contributed by atoms with Crippen molar-refractivity contribution in [1.29, 1.82) is 0 Å². The van der Waals surface area contributed by atoms with Gasteiger partial charge in [0.15, 0.2) is 0 Å². The first-order valence-electron chi connectivity index (χ1n) is 5.26. The molecule has 0 spiro atoms. The second kappa shape index (κ2) is 4.13. The minimum atomic E-state index is -0.516. The maximum Gasteiger partial charge on any atom is 0.329 e. The van der Waals surface area contributed by atoms with Gasteiger partial charge < -0.3 is 5.32 Å². The van der Waals surface area contributed by atoms with Crippen LogP contribution in [0.3, 0.4) is 0 Å². The van der Waals surface area contributed by atoms with E-state index in [9.17, 15) is 10.1 Å². The lowest BCUT2D eigenvalue weighted by Crippen LogP contribution is -2.16. The lowest BCUT2D eigenvalue weighted by Gasteiger charge is -2.11. The summed E-state index contributed by atoms with van der Waals surface area (Å²) in [4.78, 5) is 17.9. The summed E-state index contributed by atoms with van der Waals surface area (Å²) in [6.07, 6.45) is 3.39. The van der Waals surface area contributed by atoms with Crippen molar-refractivity contribution in [1.82, 2.24) is 9.97 Å². The van der Waals surface area contributed by atoms with E-state index in [2.05, 4.69) is 27.6 Å². The quantitative estimate of drug-likeness (QED) is 0.395. The van der Waals surface area contributed by atoms with Crippen LogP contribution in [0.5, 0.6) is 0 Å². The number of nitrogens with one attached hydrogen (secondary N) is 2. The van der Waals surface area contributed by atoms with Crippen molar-refractivity contribution < 1.29 is 4.92 Å². The summed E-state index contributed by atoms with van der Waals surface area (Å²) in [5.74, 6) is 5.52.